The van der Waals surface area contributed by atoms with Gasteiger partial charge >= 0.3 is 0 Å². The molecular weight excluding hydrogens is 372 g/mol. The molecule has 2 saturated heterocycles. The van der Waals surface area contributed by atoms with Crippen LogP contribution in [0.25, 0.3) is 11.3 Å². The first kappa shape index (κ1) is 21.6. The Hall–Kier alpha value is -3.14. The molecule has 6 heteroatoms. The number of aliphatic imine (C=N–C) groups is 1. The molecule has 2 aliphatic heterocycles. The molecule has 156 valence electrons. The number of imidazole rings is 1. The van der Waals surface area contributed by atoms with Gasteiger partial charge in [-0.05, 0) is 56.5 Å². The summed E-state index contributed by atoms with van der Waals surface area (Å²) in [4.78, 5) is 12.2. The van der Waals surface area contributed by atoms with Crippen LogP contribution in [0.3, 0.4) is 0 Å². The van der Waals surface area contributed by atoms with Crippen LogP contribution in [0.1, 0.15) is 43.1 Å². The second-order valence-corrected chi connectivity index (χ2v) is 7.20. The number of nitrogens with zero attached hydrogens (tertiary/aromatic N) is 2. The standard InChI is InChI=1S/C22H26N6.C2H4/c23-21(18-6-3-13-24-18)26-12-2-1-5-16-8-10-17(11-9-16)20-15-27-22(28-20)19-7-4-14-25-19;1-2/h2,8-12,15,18-19,24-25H,3-4,6-7,13-14H2,(H2,23,26)(H,27,28);1-2H2/b12-2+;/t18-,19-;/m0./s1. The van der Waals surface area contributed by atoms with Crippen molar-refractivity contribution in [3.8, 4) is 23.1 Å². The van der Waals surface area contributed by atoms with Crippen LogP contribution in [-0.2, 0) is 0 Å². The molecule has 3 heterocycles. The molecule has 4 rings (SSSR count). The summed E-state index contributed by atoms with van der Waals surface area (Å²) < 4.78 is 0. The van der Waals surface area contributed by atoms with Crippen molar-refractivity contribution < 1.29 is 0 Å². The van der Waals surface area contributed by atoms with Crippen LogP contribution in [-0.4, -0.2) is 34.9 Å². The predicted molar refractivity (Wildman–Crippen MR) is 124 cm³/mol. The lowest BCUT2D eigenvalue weighted by molar-refractivity contribution is 0.613. The summed E-state index contributed by atoms with van der Waals surface area (Å²) >= 11 is 0. The summed E-state index contributed by atoms with van der Waals surface area (Å²) in [6, 6.07) is 8.73. The Bertz CT molecular complexity index is 917. The van der Waals surface area contributed by atoms with E-state index in [9.17, 15) is 0 Å². The van der Waals surface area contributed by atoms with Crippen molar-refractivity contribution in [1.82, 2.24) is 20.6 Å². The van der Waals surface area contributed by atoms with E-state index >= 15 is 0 Å². The van der Waals surface area contributed by atoms with Crippen LogP contribution >= 0.6 is 0 Å². The fourth-order valence-electron chi connectivity index (χ4n) is 3.62. The number of amidine groups is 1. The highest BCUT2D eigenvalue weighted by atomic mass is 15.0. The first-order chi connectivity index (χ1) is 14.8. The van der Waals surface area contributed by atoms with Crippen LogP contribution < -0.4 is 16.4 Å². The molecule has 0 unspecified atom stereocenters. The topological polar surface area (TPSA) is 91.1 Å². The summed E-state index contributed by atoms with van der Waals surface area (Å²) in [6.45, 7) is 8.08. The van der Waals surface area contributed by atoms with Gasteiger partial charge in [-0.25, -0.2) is 9.98 Å². The molecule has 0 radical (unpaired) electrons. The second kappa shape index (κ2) is 11.1. The average molecular weight is 403 g/mol. The fourth-order valence-corrected chi connectivity index (χ4v) is 3.62. The molecule has 2 aliphatic rings. The fraction of sp³-hybridized carbons (Fsp3) is 0.333. The van der Waals surface area contributed by atoms with Crippen molar-refractivity contribution in [2.24, 2.45) is 10.7 Å². The Morgan fingerprint density at radius 1 is 1.13 bits per heavy atom. The van der Waals surface area contributed by atoms with E-state index in [4.69, 9.17) is 5.73 Å². The van der Waals surface area contributed by atoms with Crippen LogP contribution in [0, 0.1) is 11.8 Å². The van der Waals surface area contributed by atoms with E-state index in [1.165, 1.54) is 6.42 Å². The zero-order valence-corrected chi connectivity index (χ0v) is 17.3. The maximum atomic E-state index is 5.96. The monoisotopic (exact) mass is 402 g/mol. The lowest BCUT2D eigenvalue weighted by atomic mass is 10.1. The van der Waals surface area contributed by atoms with Gasteiger partial charge in [-0.3, -0.25) is 0 Å². The van der Waals surface area contributed by atoms with E-state index < -0.39 is 0 Å². The van der Waals surface area contributed by atoms with Crippen molar-refractivity contribution in [3.63, 3.8) is 0 Å². The van der Waals surface area contributed by atoms with Gasteiger partial charge in [-0.15, -0.1) is 13.2 Å². The van der Waals surface area contributed by atoms with E-state index in [2.05, 4.69) is 62.7 Å². The van der Waals surface area contributed by atoms with Crippen molar-refractivity contribution in [2.45, 2.75) is 37.8 Å². The first-order valence-corrected chi connectivity index (χ1v) is 10.4. The Labute approximate surface area is 178 Å². The Kier molecular flexibility index (Phi) is 8.02. The highest BCUT2D eigenvalue weighted by Crippen LogP contribution is 2.24. The number of hydrogen-bond donors (Lipinski definition) is 4. The molecule has 0 aliphatic carbocycles. The lowest BCUT2D eigenvalue weighted by Gasteiger charge is -2.06. The van der Waals surface area contributed by atoms with Gasteiger partial charge < -0.3 is 21.4 Å². The molecule has 6 nitrogen and oxygen atoms in total. The molecular formula is C24H30N6. The molecule has 2 atom stereocenters. The summed E-state index contributed by atoms with van der Waals surface area (Å²) in [6.07, 6.45) is 9.85. The zero-order chi connectivity index (χ0) is 21.2. The van der Waals surface area contributed by atoms with E-state index in [-0.39, 0.29) is 6.04 Å². The third-order valence-electron chi connectivity index (χ3n) is 5.20. The quantitative estimate of drug-likeness (QED) is 0.273. The minimum Gasteiger partial charge on any atom is -0.386 e. The number of H-pyrrole nitrogens is 1. The highest BCUT2D eigenvalue weighted by Gasteiger charge is 2.19. The molecule has 0 spiro atoms. The van der Waals surface area contributed by atoms with Gasteiger partial charge in [-0.1, -0.05) is 24.0 Å². The molecule has 5 N–H and O–H groups in total. The molecule has 1 aromatic carbocycles. The van der Waals surface area contributed by atoms with E-state index in [1.54, 1.807) is 12.3 Å². The van der Waals surface area contributed by atoms with Gasteiger partial charge in [0.05, 0.1) is 24.0 Å². The maximum Gasteiger partial charge on any atom is 0.123 e. The lowest BCUT2D eigenvalue weighted by Crippen LogP contribution is -2.36. The number of aromatic nitrogens is 2. The van der Waals surface area contributed by atoms with Crippen molar-refractivity contribution in [2.75, 3.05) is 13.1 Å². The normalized spacial score (nSPS) is 21.1. The Morgan fingerprint density at radius 2 is 1.90 bits per heavy atom. The van der Waals surface area contributed by atoms with Gasteiger partial charge in [0.25, 0.3) is 0 Å². The van der Waals surface area contributed by atoms with Crippen molar-refractivity contribution in [1.29, 1.82) is 0 Å². The Morgan fingerprint density at radius 3 is 2.60 bits per heavy atom. The molecule has 0 bridgehead atoms. The largest absolute Gasteiger partial charge is 0.386 e. The zero-order valence-electron chi connectivity index (χ0n) is 17.3. The third-order valence-corrected chi connectivity index (χ3v) is 5.20. The average Bonchev–Trinajstić information content (AvgIpc) is 3.57. The van der Waals surface area contributed by atoms with Gasteiger partial charge in [0.1, 0.15) is 11.7 Å². The van der Waals surface area contributed by atoms with Gasteiger partial charge in [-0.2, -0.15) is 0 Å². The van der Waals surface area contributed by atoms with Crippen LogP contribution in [0.15, 0.2) is 60.9 Å². The molecule has 0 saturated carbocycles. The molecule has 0 amide bonds. The maximum absolute atomic E-state index is 5.96. The number of nitrogens with one attached hydrogen (secondary N) is 3. The van der Waals surface area contributed by atoms with Gasteiger partial charge in [0, 0.05) is 17.8 Å². The smallest absolute Gasteiger partial charge is 0.123 e. The van der Waals surface area contributed by atoms with Crippen molar-refractivity contribution in [3.05, 3.63) is 67.3 Å². The minimum absolute atomic E-state index is 0.206. The number of rotatable bonds is 4. The molecule has 1 aromatic heterocycles. The summed E-state index contributed by atoms with van der Waals surface area (Å²) in [7, 11) is 0. The summed E-state index contributed by atoms with van der Waals surface area (Å²) in [5.41, 5.74) is 9.07. The van der Waals surface area contributed by atoms with E-state index in [1.807, 2.05) is 18.3 Å². The molecule has 30 heavy (non-hydrogen) atoms. The van der Waals surface area contributed by atoms with Gasteiger partial charge in [0.2, 0.25) is 0 Å². The number of allylic oxidation sites excluding steroid dienone is 1. The predicted octanol–water partition coefficient (Wildman–Crippen LogP) is 3.28. The summed E-state index contributed by atoms with van der Waals surface area (Å²) in [5, 5.41) is 6.79. The van der Waals surface area contributed by atoms with Crippen LogP contribution in [0.5, 0.6) is 0 Å². The minimum atomic E-state index is 0.206. The van der Waals surface area contributed by atoms with E-state index in [0.717, 1.165) is 55.0 Å². The van der Waals surface area contributed by atoms with Crippen LogP contribution in [0.4, 0.5) is 0 Å². The van der Waals surface area contributed by atoms with Crippen LogP contribution in [0.2, 0.25) is 0 Å². The number of aromatic amines is 1. The van der Waals surface area contributed by atoms with Crippen molar-refractivity contribution >= 4 is 5.84 Å². The number of hydrogen-bond acceptors (Lipinski definition) is 4. The van der Waals surface area contributed by atoms with Gasteiger partial charge in [0.15, 0.2) is 0 Å². The SMILES string of the molecule is C=C.NC(=N/C=C/C#Cc1ccc(-c2cnc([C@@H]3CCCN3)[nH]2)cc1)[C@@H]1CCCN1. The first-order valence-electron chi connectivity index (χ1n) is 10.4. The molecule has 2 fully saturated rings. The third kappa shape index (κ3) is 5.69. The highest BCUT2D eigenvalue weighted by molar-refractivity contribution is 5.86. The molecule has 2 aromatic rings. The summed E-state index contributed by atoms with van der Waals surface area (Å²) in [5.74, 6) is 7.78. The van der Waals surface area contributed by atoms with E-state index in [0.29, 0.717) is 11.9 Å². The number of benzene rings is 1. The second-order valence-electron chi connectivity index (χ2n) is 7.20. The Balaban J connectivity index is 0.00000124. The number of nitrogens with two attached hydrogens (primary N) is 1.